The van der Waals surface area contributed by atoms with Crippen LogP contribution in [0.15, 0.2) is 18.2 Å². The van der Waals surface area contributed by atoms with Crippen molar-refractivity contribution in [1.82, 2.24) is 0 Å². The predicted octanol–water partition coefficient (Wildman–Crippen LogP) is 9.58. The van der Waals surface area contributed by atoms with Crippen LogP contribution in [0, 0.1) is 5.92 Å². The van der Waals surface area contributed by atoms with Crippen LogP contribution in [0.4, 0.5) is 16.2 Å². The van der Waals surface area contributed by atoms with Crippen LogP contribution < -0.4 is 10.6 Å². The Morgan fingerprint density at radius 3 is 1.84 bits per heavy atom. The molecule has 0 aliphatic rings. The number of aromatic hydroxyl groups is 1. The number of carbonyl (C=O) groups is 2. The van der Waals surface area contributed by atoms with Crippen molar-refractivity contribution in [2.45, 2.75) is 136 Å². The standard InChI is InChI=1S/C31H54N2O4/c1-4-7-9-10-11-12-13-14-15-16-17-18-19-20-24-37-31(36)33-28-25-27(22-23-29(28)34)32-30(35)26(6-3)21-8-5-2/h22-23,25-26,34H,4-21,24H2,1-3H3,(H,32,35)(H,33,36). The van der Waals surface area contributed by atoms with Crippen LogP contribution in [0.3, 0.4) is 0 Å². The summed E-state index contributed by atoms with van der Waals surface area (Å²) in [5, 5.41) is 15.6. The van der Waals surface area contributed by atoms with Gasteiger partial charge in [0.1, 0.15) is 5.75 Å². The van der Waals surface area contributed by atoms with Crippen LogP contribution in [-0.4, -0.2) is 23.7 Å². The van der Waals surface area contributed by atoms with Gasteiger partial charge in [0.2, 0.25) is 5.91 Å². The largest absolute Gasteiger partial charge is 0.506 e. The lowest BCUT2D eigenvalue weighted by molar-refractivity contribution is -0.120. The highest BCUT2D eigenvalue weighted by Crippen LogP contribution is 2.27. The Morgan fingerprint density at radius 2 is 1.30 bits per heavy atom. The molecule has 0 aromatic heterocycles. The third-order valence-electron chi connectivity index (χ3n) is 7.00. The SMILES string of the molecule is CCCCCCCCCCCCCCCCOC(=O)Nc1cc(NC(=O)C(CC)CCCC)ccc1O. The van der Waals surface area contributed by atoms with Gasteiger partial charge in [-0.25, -0.2) is 4.79 Å². The first-order valence-corrected chi connectivity index (χ1v) is 15.1. The average Bonchev–Trinajstić information content (AvgIpc) is 2.88. The van der Waals surface area contributed by atoms with E-state index in [0.717, 1.165) is 38.5 Å². The van der Waals surface area contributed by atoms with Gasteiger partial charge in [0.25, 0.3) is 0 Å². The van der Waals surface area contributed by atoms with Crippen LogP contribution in [0.25, 0.3) is 0 Å². The molecule has 0 saturated heterocycles. The highest BCUT2D eigenvalue weighted by atomic mass is 16.5. The zero-order valence-electron chi connectivity index (χ0n) is 23.9. The van der Waals surface area contributed by atoms with Crippen molar-refractivity contribution in [3.8, 4) is 5.75 Å². The van der Waals surface area contributed by atoms with Gasteiger partial charge in [-0.3, -0.25) is 10.1 Å². The third kappa shape index (κ3) is 16.3. The second kappa shape index (κ2) is 21.8. The molecule has 37 heavy (non-hydrogen) atoms. The molecule has 0 bridgehead atoms. The molecule has 0 radical (unpaired) electrons. The number of ether oxygens (including phenoxy) is 1. The van der Waals surface area contributed by atoms with Gasteiger partial charge in [-0.1, -0.05) is 117 Å². The summed E-state index contributed by atoms with van der Waals surface area (Å²) in [6.07, 6.45) is 21.0. The summed E-state index contributed by atoms with van der Waals surface area (Å²) in [4.78, 5) is 24.7. The van der Waals surface area contributed by atoms with Crippen LogP contribution in [0.5, 0.6) is 5.75 Å². The van der Waals surface area contributed by atoms with Gasteiger partial charge >= 0.3 is 6.09 Å². The lowest BCUT2D eigenvalue weighted by Crippen LogP contribution is -2.22. The van der Waals surface area contributed by atoms with Gasteiger partial charge in [-0.2, -0.15) is 0 Å². The van der Waals surface area contributed by atoms with E-state index in [9.17, 15) is 14.7 Å². The maximum Gasteiger partial charge on any atom is 0.411 e. The summed E-state index contributed by atoms with van der Waals surface area (Å²) < 4.78 is 5.28. The molecule has 1 aromatic rings. The second-order valence-electron chi connectivity index (χ2n) is 10.3. The number of anilines is 2. The number of unbranched alkanes of at least 4 members (excludes halogenated alkanes) is 14. The zero-order valence-corrected chi connectivity index (χ0v) is 23.9. The highest BCUT2D eigenvalue weighted by molar-refractivity contribution is 5.94. The van der Waals surface area contributed by atoms with Crippen LogP contribution in [0.1, 0.15) is 136 Å². The van der Waals surface area contributed by atoms with Crippen molar-refractivity contribution >= 4 is 23.4 Å². The summed E-state index contributed by atoms with van der Waals surface area (Å²) in [6.45, 7) is 6.74. The van der Waals surface area contributed by atoms with Gasteiger partial charge in [0, 0.05) is 11.6 Å². The molecule has 6 nitrogen and oxygen atoms in total. The fraction of sp³-hybridized carbons (Fsp3) is 0.742. The van der Waals surface area contributed by atoms with Crippen molar-refractivity contribution in [3.05, 3.63) is 18.2 Å². The minimum atomic E-state index is -0.595. The quantitative estimate of drug-likeness (QED) is 0.0810. The van der Waals surface area contributed by atoms with Crippen LogP contribution >= 0.6 is 0 Å². The van der Waals surface area contributed by atoms with Crippen LogP contribution in [-0.2, 0) is 9.53 Å². The molecule has 1 atom stereocenters. The minimum absolute atomic E-state index is 0.0343. The maximum atomic E-state index is 12.6. The Balaban J connectivity index is 2.16. The smallest absolute Gasteiger partial charge is 0.411 e. The summed E-state index contributed by atoms with van der Waals surface area (Å²) in [6, 6.07) is 4.66. The highest BCUT2D eigenvalue weighted by Gasteiger charge is 2.17. The average molecular weight is 519 g/mol. The molecule has 1 rings (SSSR count). The maximum absolute atomic E-state index is 12.6. The van der Waals surface area contributed by atoms with E-state index in [-0.39, 0.29) is 23.3 Å². The molecule has 6 heteroatoms. The number of amides is 2. The summed E-state index contributed by atoms with van der Waals surface area (Å²) in [5.41, 5.74) is 0.769. The molecule has 3 N–H and O–H groups in total. The molecule has 2 amide bonds. The number of phenolic OH excluding ortho intramolecular Hbond substituents is 1. The fourth-order valence-corrected chi connectivity index (χ4v) is 4.54. The molecule has 1 unspecified atom stereocenters. The second-order valence-corrected chi connectivity index (χ2v) is 10.3. The van der Waals surface area contributed by atoms with Gasteiger partial charge in [-0.15, -0.1) is 0 Å². The molecule has 0 aliphatic carbocycles. The number of phenols is 1. The minimum Gasteiger partial charge on any atom is -0.506 e. The van der Waals surface area contributed by atoms with Gasteiger partial charge in [-0.05, 0) is 37.5 Å². The van der Waals surface area contributed by atoms with E-state index in [0.29, 0.717) is 12.3 Å². The lowest BCUT2D eigenvalue weighted by atomic mass is 9.98. The first kappa shape index (κ1) is 32.8. The topological polar surface area (TPSA) is 87.7 Å². The van der Waals surface area contributed by atoms with E-state index in [1.165, 1.54) is 83.1 Å². The molecule has 0 saturated carbocycles. The summed E-state index contributed by atoms with van der Waals surface area (Å²) >= 11 is 0. The van der Waals surface area contributed by atoms with Crippen molar-refractivity contribution in [3.63, 3.8) is 0 Å². The van der Waals surface area contributed by atoms with Crippen molar-refractivity contribution < 1.29 is 19.4 Å². The summed E-state index contributed by atoms with van der Waals surface area (Å²) in [7, 11) is 0. The van der Waals surface area contributed by atoms with E-state index in [1.54, 1.807) is 12.1 Å². The van der Waals surface area contributed by atoms with Gasteiger partial charge in [0.15, 0.2) is 0 Å². The third-order valence-corrected chi connectivity index (χ3v) is 7.00. The number of hydrogen-bond acceptors (Lipinski definition) is 4. The molecule has 0 aliphatic heterocycles. The molecule has 0 spiro atoms. The van der Waals surface area contributed by atoms with E-state index < -0.39 is 6.09 Å². The Bertz CT molecular complexity index is 738. The Hall–Kier alpha value is -2.24. The van der Waals surface area contributed by atoms with Crippen molar-refractivity contribution in [1.29, 1.82) is 0 Å². The Morgan fingerprint density at radius 1 is 0.757 bits per heavy atom. The number of carbonyl (C=O) groups excluding carboxylic acids is 2. The van der Waals surface area contributed by atoms with E-state index in [4.69, 9.17) is 4.74 Å². The molecular formula is C31H54N2O4. The van der Waals surface area contributed by atoms with Gasteiger partial charge in [0.05, 0.1) is 12.3 Å². The molecule has 212 valence electrons. The Kier molecular flexibility index (Phi) is 19.3. The lowest BCUT2D eigenvalue weighted by Gasteiger charge is -2.15. The monoisotopic (exact) mass is 518 g/mol. The van der Waals surface area contributed by atoms with Gasteiger partial charge < -0.3 is 15.2 Å². The molecular weight excluding hydrogens is 464 g/mol. The zero-order chi connectivity index (χ0) is 27.1. The number of nitrogens with one attached hydrogen (secondary N) is 2. The number of benzene rings is 1. The molecule has 0 heterocycles. The summed E-state index contributed by atoms with van der Waals surface area (Å²) in [5.74, 6) is -0.141. The predicted molar refractivity (Wildman–Crippen MR) is 155 cm³/mol. The number of rotatable bonds is 22. The fourth-order valence-electron chi connectivity index (χ4n) is 4.54. The normalized spacial score (nSPS) is 11.8. The van der Waals surface area contributed by atoms with E-state index in [1.807, 2.05) is 6.92 Å². The first-order valence-electron chi connectivity index (χ1n) is 15.1. The molecule has 0 fully saturated rings. The van der Waals surface area contributed by atoms with E-state index >= 15 is 0 Å². The molecule has 1 aromatic carbocycles. The van der Waals surface area contributed by atoms with Crippen molar-refractivity contribution in [2.24, 2.45) is 5.92 Å². The van der Waals surface area contributed by atoms with Crippen LogP contribution in [0.2, 0.25) is 0 Å². The van der Waals surface area contributed by atoms with Crippen molar-refractivity contribution in [2.75, 3.05) is 17.2 Å². The number of hydrogen-bond donors (Lipinski definition) is 3. The first-order chi connectivity index (χ1) is 18.0. The van der Waals surface area contributed by atoms with E-state index in [2.05, 4.69) is 24.5 Å². The Labute approximate surface area is 226 Å².